The van der Waals surface area contributed by atoms with Crippen molar-refractivity contribution in [2.45, 2.75) is 91.9 Å². The highest BCUT2D eigenvalue weighted by Gasteiger charge is 2.26. The van der Waals surface area contributed by atoms with Gasteiger partial charge in [-0.2, -0.15) is 0 Å². The molecule has 0 aromatic heterocycles. The molecule has 0 unspecified atom stereocenters. The lowest BCUT2D eigenvalue weighted by Crippen LogP contribution is -2.15. The average molecular weight is 383 g/mol. The van der Waals surface area contributed by atoms with Crippen LogP contribution in [0.5, 0.6) is 11.5 Å². The van der Waals surface area contributed by atoms with E-state index in [1.807, 2.05) is 26.0 Å². The molecule has 0 aliphatic rings. The summed E-state index contributed by atoms with van der Waals surface area (Å²) >= 11 is 0. The molecule has 0 atom stereocenters. The zero-order valence-corrected chi connectivity index (χ0v) is 19.2. The van der Waals surface area contributed by atoms with Gasteiger partial charge in [0.2, 0.25) is 0 Å². The standard InChI is InChI=1S/C26H38O2/c1-10-11-20(21-12-18(25(4,5)6)14-23(27)16(21)2)22-13-19(26(7,8)9)15-24(28)17(22)3/h12-15,20,27-28H,10-11H2,1-9H3. The molecule has 28 heavy (non-hydrogen) atoms. The quantitative estimate of drug-likeness (QED) is 0.585. The van der Waals surface area contributed by atoms with Crippen LogP contribution in [0.2, 0.25) is 0 Å². The van der Waals surface area contributed by atoms with Gasteiger partial charge in [0, 0.05) is 5.92 Å². The van der Waals surface area contributed by atoms with Gasteiger partial charge in [0.15, 0.2) is 0 Å². The molecule has 0 heterocycles. The van der Waals surface area contributed by atoms with Gasteiger partial charge < -0.3 is 10.2 Å². The Morgan fingerprint density at radius 2 is 1.07 bits per heavy atom. The highest BCUT2D eigenvalue weighted by molar-refractivity contribution is 5.53. The monoisotopic (exact) mass is 382 g/mol. The van der Waals surface area contributed by atoms with E-state index in [1.54, 1.807) is 0 Å². The van der Waals surface area contributed by atoms with Gasteiger partial charge in [0.25, 0.3) is 0 Å². The lowest BCUT2D eigenvalue weighted by Gasteiger charge is -2.28. The molecule has 2 rings (SSSR count). The summed E-state index contributed by atoms with van der Waals surface area (Å²) in [7, 11) is 0. The smallest absolute Gasteiger partial charge is 0.119 e. The van der Waals surface area contributed by atoms with Gasteiger partial charge in [-0.1, -0.05) is 67.0 Å². The van der Waals surface area contributed by atoms with Gasteiger partial charge in [-0.25, -0.2) is 0 Å². The molecule has 0 bridgehead atoms. The molecule has 2 nitrogen and oxygen atoms in total. The fraction of sp³-hybridized carbons (Fsp3) is 0.538. The van der Waals surface area contributed by atoms with Gasteiger partial charge in [-0.05, 0) is 76.6 Å². The summed E-state index contributed by atoms with van der Waals surface area (Å²) in [4.78, 5) is 0. The molecule has 0 radical (unpaired) electrons. The predicted molar refractivity (Wildman–Crippen MR) is 120 cm³/mol. The molecule has 0 amide bonds. The molecule has 0 spiro atoms. The summed E-state index contributed by atoms with van der Waals surface area (Å²) in [6, 6.07) is 8.32. The molecule has 2 N–H and O–H groups in total. The molecule has 0 aliphatic heterocycles. The third-order valence-electron chi connectivity index (χ3n) is 5.90. The number of phenolic OH excluding ortho intramolecular Hbond substituents is 2. The third kappa shape index (κ3) is 4.54. The SMILES string of the molecule is CCCC(c1cc(C(C)(C)C)cc(O)c1C)c1cc(C(C)(C)C)cc(O)c1C. The van der Waals surface area contributed by atoms with Crippen LogP contribution in [0.25, 0.3) is 0 Å². The second-order valence-electron chi connectivity index (χ2n) is 10.3. The van der Waals surface area contributed by atoms with Crippen LogP contribution in [0.4, 0.5) is 0 Å². The predicted octanol–water partition coefficient (Wildman–Crippen LogP) is 7.24. The Labute approximate surface area is 171 Å². The van der Waals surface area contributed by atoms with E-state index < -0.39 is 0 Å². The largest absolute Gasteiger partial charge is 0.508 e. The Bertz CT molecular complexity index is 779. The first kappa shape index (κ1) is 22.3. The van der Waals surface area contributed by atoms with Crippen molar-refractivity contribution in [3.63, 3.8) is 0 Å². The first-order valence-electron chi connectivity index (χ1n) is 10.4. The zero-order valence-electron chi connectivity index (χ0n) is 19.2. The van der Waals surface area contributed by atoms with Crippen LogP contribution in [-0.4, -0.2) is 10.2 Å². The molecule has 154 valence electrons. The van der Waals surface area contributed by atoms with Crippen molar-refractivity contribution in [2.24, 2.45) is 0 Å². The minimum atomic E-state index is -0.0405. The first-order valence-corrected chi connectivity index (χ1v) is 10.4. The van der Waals surface area contributed by atoms with Crippen molar-refractivity contribution in [3.8, 4) is 11.5 Å². The lowest BCUT2D eigenvalue weighted by atomic mass is 9.76. The number of hydrogen-bond acceptors (Lipinski definition) is 2. The van der Waals surface area contributed by atoms with Crippen molar-refractivity contribution in [3.05, 3.63) is 57.6 Å². The molecular formula is C26H38O2. The Hall–Kier alpha value is -1.96. The molecule has 0 saturated heterocycles. The zero-order chi connectivity index (χ0) is 21.4. The fourth-order valence-electron chi connectivity index (χ4n) is 3.80. The van der Waals surface area contributed by atoms with Crippen LogP contribution in [0.3, 0.4) is 0 Å². The molecule has 0 aliphatic carbocycles. The van der Waals surface area contributed by atoms with Crippen LogP contribution in [0.1, 0.15) is 101 Å². The summed E-state index contributed by atoms with van der Waals surface area (Å²) in [6.07, 6.45) is 2.01. The highest BCUT2D eigenvalue weighted by Crippen LogP contribution is 2.42. The minimum absolute atomic E-state index is 0.0405. The minimum Gasteiger partial charge on any atom is -0.508 e. The van der Waals surface area contributed by atoms with Crippen LogP contribution in [0.15, 0.2) is 24.3 Å². The fourth-order valence-corrected chi connectivity index (χ4v) is 3.80. The molecule has 2 aromatic carbocycles. The Morgan fingerprint density at radius 1 is 0.714 bits per heavy atom. The summed E-state index contributed by atoms with van der Waals surface area (Å²) in [5.74, 6) is 0.862. The summed E-state index contributed by atoms with van der Waals surface area (Å²) in [6.45, 7) is 19.2. The maximum absolute atomic E-state index is 10.7. The molecule has 2 aromatic rings. The van der Waals surface area contributed by atoms with Gasteiger partial charge in [-0.15, -0.1) is 0 Å². The molecular weight excluding hydrogens is 344 g/mol. The van der Waals surface area contributed by atoms with Gasteiger partial charge >= 0.3 is 0 Å². The third-order valence-corrected chi connectivity index (χ3v) is 5.90. The summed E-state index contributed by atoms with van der Waals surface area (Å²) in [5.41, 5.74) is 6.40. The van der Waals surface area contributed by atoms with Gasteiger partial charge in [0.05, 0.1) is 0 Å². The van der Waals surface area contributed by atoms with E-state index >= 15 is 0 Å². The Kier molecular flexibility index (Phi) is 6.23. The van der Waals surface area contributed by atoms with Crippen LogP contribution >= 0.6 is 0 Å². The highest BCUT2D eigenvalue weighted by atomic mass is 16.3. The number of rotatable bonds is 4. The second-order valence-corrected chi connectivity index (χ2v) is 10.3. The van der Waals surface area contributed by atoms with Crippen molar-refractivity contribution in [2.75, 3.05) is 0 Å². The number of aromatic hydroxyl groups is 2. The molecule has 2 heteroatoms. The second kappa shape index (κ2) is 7.81. The van der Waals surface area contributed by atoms with E-state index in [0.29, 0.717) is 11.5 Å². The van der Waals surface area contributed by atoms with Gasteiger partial charge in [0.1, 0.15) is 11.5 Å². The van der Waals surface area contributed by atoms with Crippen molar-refractivity contribution >= 4 is 0 Å². The van der Waals surface area contributed by atoms with E-state index in [1.165, 1.54) is 11.1 Å². The Morgan fingerprint density at radius 3 is 1.36 bits per heavy atom. The maximum Gasteiger partial charge on any atom is 0.119 e. The first-order chi connectivity index (χ1) is 12.8. The van der Waals surface area contributed by atoms with Crippen molar-refractivity contribution < 1.29 is 10.2 Å². The van der Waals surface area contributed by atoms with E-state index in [-0.39, 0.29) is 16.7 Å². The van der Waals surface area contributed by atoms with Crippen molar-refractivity contribution in [1.29, 1.82) is 0 Å². The van der Waals surface area contributed by atoms with Crippen molar-refractivity contribution in [1.82, 2.24) is 0 Å². The van der Waals surface area contributed by atoms with Gasteiger partial charge in [-0.3, -0.25) is 0 Å². The normalized spacial score (nSPS) is 12.6. The van der Waals surface area contributed by atoms with E-state index in [4.69, 9.17) is 0 Å². The number of benzene rings is 2. The lowest BCUT2D eigenvalue weighted by molar-refractivity contribution is 0.462. The van der Waals surface area contributed by atoms with E-state index in [0.717, 1.165) is 35.1 Å². The van der Waals surface area contributed by atoms with E-state index in [2.05, 4.69) is 60.6 Å². The Balaban J connectivity index is 2.78. The number of phenols is 2. The summed E-state index contributed by atoms with van der Waals surface area (Å²) < 4.78 is 0. The van der Waals surface area contributed by atoms with Crippen LogP contribution in [-0.2, 0) is 10.8 Å². The number of hydrogen-bond donors (Lipinski definition) is 2. The van der Waals surface area contributed by atoms with E-state index in [9.17, 15) is 10.2 Å². The van der Waals surface area contributed by atoms with Crippen LogP contribution in [0, 0.1) is 13.8 Å². The topological polar surface area (TPSA) is 40.5 Å². The maximum atomic E-state index is 10.7. The molecule has 0 saturated carbocycles. The average Bonchev–Trinajstić information content (AvgIpc) is 2.56. The molecule has 0 fully saturated rings. The summed E-state index contributed by atoms with van der Waals surface area (Å²) in [5, 5.41) is 21.3. The van der Waals surface area contributed by atoms with Crippen LogP contribution < -0.4 is 0 Å².